The molecule has 2 rings (SSSR count). The highest BCUT2D eigenvalue weighted by atomic mass is 32.5. The molecule has 0 amide bonds. The van der Waals surface area contributed by atoms with E-state index in [4.69, 9.17) is 0 Å². The molecule has 6 heteroatoms. The average molecular weight is 296 g/mol. The van der Waals surface area contributed by atoms with Crippen molar-refractivity contribution in [3.63, 3.8) is 0 Å². The Balaban J connectivity index is 2.58. The van der Waals surface area contributed by atoms with Gasteiger partial charge in [0.2, 0.25) is 0 Å². The molecular formula is C13H13F5S. The summed E-state index contributed by atoms with van der Waals surface area (Å²) in [5.41, 5.74) is 0.982. The molecule has 19 heavy (non-hydrogen) atoms. The SMILES string of the molecule is CCCc1ccc2cc(S(F)(F)(F)(F)F)ccc2c1. The van der Waals surface area contributed by atoms with Crippen LogP contribution in [0.2, 0.25) is 0 Å². The maximum atomic E-state index is 12.7. The van der Waals surface area contributed by atoms with Crippen molar-refractivity contribution in [3.05, 3.63) is 42.0 Å². The van der Waals surface area contributed by atoms with E-state index in [2.05, 4.69) is 0 Å². The maximum absolute atomic E-state index is 12.7. The Hall–Kier alpha value is -1.30. The third kappa shape index (κ3) is 3.18. The molecule has 0 unspecified atom stereocenters. The quantitative estimate of drug-likeness (QED) is 0.571. The summed E-state index contributed by atoms with van der Waals surface area (Å²) in [5, 5.41) is 0.710. The molecule has 0 heterocycles. The molecule has 106 valence electrons. The topological polar surface area (TPSA) is 0 Å². The average Bonchev–Trinajstić information content (AvgIpc) is 2.25. The Morgan fingerprint density at radius 1 is 0.842 bits per heavy atom. The molecule has 2 aromatic carbocycles. The predicted molar refractivity (Wildman–Crippen MR) is 69.3 cm³/mol. The summed E-state index contributed by atoms with van der Waals surface area (Å²) in [6.45, 7) is 1.99. The molecule has 0 saturated heterocycles. The van der Waals surface area contributed by atoms with E-state index in [1.807, 2.05) is 6.92 Å². The van der Waals surface area contributed by atoms with E-state index < -0.39 is 15.1 Å². The van der Waals surface area contributed by atoms with Crippen LogP contribution in [0.15, 0.2) is 41.3 Å². The minimum atomic E-state index is -9.59. The van der Waals surface area contributed by atoms with E-state index in [0.29, 0.717) is 17.5 Å². The zero-order valence-corrected chi connectivity index (χ0v) is 11.0. The van der Waals surface area contributed by atoms with Crippen LogP contribution in [0, 0.1) is 0 Å². The van der Waals surface area contributed by atoms with Gasteiger partial charge in [-0.05, 0) is 34.9 Å². The van der Waals surface area contributed by atoms with Crippen molar-refractivity contribution in [2.45, 2.75) is 24.7 Å². The normalized spacial score (nSPS) is 16.1. The van der Waals surface area contributed by atoms with Crippen molar-refractivity contribution in [3.8, 4) is 0 Å². The number of aryl methyl sites for hydroxylation is 1. The lowest BCUT2D eigenvalue weighted by molar-refractivity contribution is 0.364. The summed E-state index contributed by atoms with van der Waals surface area (Å²) < 4.78 is 63.4. The fraction of sp³-hybridized carbons (Fsp3) is 0.231. The fourth-order valence-corrected chi connectivity index (χ4v) is 2.63. The van der Waals surface area contributed by atoms with E-state index in [1.54, 1.807) is 12.1 Å². The van der Waals surface area contributed by atoms with Crippen LogP contribution >= 0.6 is 10.2 Å². The highest BCUT2D eigenvalue weighted by Gasteiger charge is 2.65. The van der Waals surface area contributed by atoms with Gasteiger partial charge in [-0.3, -0.25) is 0 Å². The second-order valence-corrected chi connectivity index (χ2v) is 6.97. The van der Waals surface area contributed by atoms with Crippen LogP contribution in [0.1, 0.15) is 18.9 Å². The van der Waals surface area contributed by atoms with Crippen LogP contribution in [0.25, 0.3) is 10.8 Å². The van der Waals surface area contributed by atoms with Gasteiger partial charge >= 0.3 is 10.2 Å². The van der Waals surface area contributed by atoms with Crippen LogP contribution in [0.4, 0.5) is 19.4 Å². The smallest absolute Gasteiger partial charge is 0.0936 e. The zero-order valence-electron chi connectivity index (χ0n) is 10.2. The summed E-state index contributed by atoms with van der Waals surface area (Å²) in [5.74, 6) is 0. The fourth-order valence-electron chi connectivity index (χ4n) is 1.96. The minimum absolute atomic E-state index is 0.172. The molecule has 0 N–H and O–H groups in total. The Labute approximate surface area is 108 Å². The maximum Gasteiger partial charge on any atom is 0.310 e. The van der Waals surface area contributed by atoms with Gasteiger partial charge in [0, 0.05) is 0 Å². The number of benzene rings is 2. The number of rotatable bonds is 3. The summed E-state index contributed by atoms with van der Waals surface area (Å²) in [6, 6.07) is 6.93. The van der Waals surface area contributed by atoms with Gasteiger partial charge in [-0.2, -0.15) is 0 Å². The third-order valence-electron chi connectivity index (χ3n) is 2.86. The first-order valence-electron chi connectivity index (χ1n) is 5.76. The molecule has 2 aromatic rings. The molecule has 0 aliphatic rings. The molecule has 0 nitrogen and oxygen atoms in total. The monoisotopic (exact) mass is 296 g/mol. The number of hydrogen-bond acceptors (Lipinski definition) is 0. The van der Waals surface area contributed by atoms with Gasteiger partial charge < -0.3 is 0 Å². The number of hydrogen-bond donors (Lipinski definition) is 0. The first-order chi connectivity index (χ1) is 8.49. The van der Waals surface area contributed by atoms with Crippen LogP contribution in [0.5, 0.6) is 0 Å². The molecule has 0 spiro atoms. The third-order valence-corrected chi connectivity index (χ3v) is 4.01. The highest BCUT2D eigenvalue weighted by Crippen LogP contribution is 3.02. The van der Waals surface area contributed by atoms with Gasteiger partial charge in [-0.1, -0.05) is 57.0 Å². The minimum Gasteiger partial charge on any atom is -0.0936 e. The highest BCUT2D eigenvalue weighted by molar-refractivity contribution is 8.45. The summed E-state index contributed by atoms with van der Waals surface area (Å²) in [7, 11) is -9.59. The van der Waals surface area contributed by atoms with Gasteiger partial charge in [-0.15, -0.1) is 0 Å². The van der Waals surface area contributed by atoms with Crippen LogP contribution in [0.3, 0.4) is 0 Å². The van der Waals surface area contributed by atoms with Crippen LogP contribution < -0.4 is 0 Å². The molecule has 0 saturated carbocycles. The van der Waals surface area contributed by atoms with Crippen molar-refractivity contribution in [1.29, 1.82) is 0 Å². The van der Waals surface area contributed by atoms with Gasteiger partial charge in [0.25, 0.3) is 0 Å². The Kier molecular flexibility index (Phi) is 2.69. The van der Waals surface area contributed by atoms with Gasteiger partial charge in [0.15, 0.2) is 0 Å². The lowest BCUT2D eigenvalue weighted by Crippen LogP contribution is -2.05. The van der Waals surface area contributed by atoms with Gasteiger partial charge in [0.05, 0.1) is 0 Å². The Bertz CT molecular complexity index is 630. The predicted octanol–water partition coefficient (Wildman–Crippen LogP) is 6.45. The lowest BCUT2D eigenvalue weighted by atomic mass is 10.0. The van der Waals surface area contributed by atoms with E-state index in [0.717, 1.165) is 24.5 Å². The van der Waals surface area contributed by atoms with E-state index in [1.165, 1.54) is 6.07 Å². The second-order valence-electron chi connectivity index (χ2n) is 4.56. The van der Waals surface area contributed by atoms with Crippen molar-refractivity contribution >= 4 is 21.0 Å². The van der Waals surface area contributed by atoms with Crippen molar-refractivity contribution in [2.24, 2.45) is 0 Å². The van der Waals surface area contributed by atoms with Crippen molar-refractivity contribution < 1.29 is 19.4 Å². The molecular weight excluding hydrogens is 283 g/mol. The standard InChI is InChI=1S/C13H13F5S/c1-2-3-10-4-5-12-9-13(7-6-11(12)8-10)19(14,15,16,17)18/h4-9H,2-3H2,1H3. The summed E-state index contributed by atoms with van der Waals surface area (Å²) >= 11 is 0. The number of fused-ring (bicyclic) bond motifs is 1. The molecule has 0 radical (unpaired) electrons. The Morgan fingerprint density at radius 2 is 1.42 bits per heavy atom. The van der Waals surface area contributed by atoms with Gasteiger partial charge in [-0.25, -0.2) is 0 Å². The van der Waals surface area contributed by atoms with Crippen molar-refractivity contribution in [2.75, 3.05) is 0 Å². The van der Waals surface area contributed by atoms with E-state index in [-0.39, 0.29) is 5.39 Å². The first-order valence-corrected chi connectivity index (χ1v) is 7.71. The molecule has 0 fully saturated rings. The van der Waals surface area contributed by atoms with Crippen molar-refractivity contribution in [1.82, 2.24) is 0 Å². The molecule has 0 aromatic heterocycles. The Morgan fingerprint density at radius 3 is 2.00 bits per heavy atom. The van der Waals surface area contributed by atoms with Crippen LogP contribution in [-0.4, -0.2) is 0 Å². The summed E-state index contributed by atoms with van der Waals surface area (Å²) in [6.07, 6.45) is 1.72. The summed E-state index contributed by atoms with van der Waals surface area (Å²) in [4.78, 5) is -1.84. The molecule has 0 atom stereocenters. The van der Waals surface area contributed by atoms with Gasteiger partial charge in [0.1, 0.15) is 4.90 Å². The first kappa shape index (κ1) is 14.1. The molecule has 0 bridgehead atoms. The number of halogens is 5. The van der Waals surface area contributed by atoms with E-state index in [9.17, 15) is 19.4 Å². The van der Waals surface area contributed by atoms with E-state index >= 15 is 0 Å². The second kappa shape index (κ2) is 3.62. The molecule has 0 aliphatic heterocycles. The lowest BCUT2D eigenvalue weighted by Gasteiger charge is -2.40. The largest absolute Gasteiger partial charge is 0.310 e. The zero-order chi connectivity index (χ0) is 14.4. The van der Waals surface area contributed by atoms with Crippen LogP contribution in [-0.2, 0) is 6.42 Å². The molecule has 0 aliphatic carbocycles.